The number of hydrogen-bond acceptors (Lipinski definition) is 3. The van der Waals surface area contributed by atoms with E-state index in [2.05, 4.69) is 41.9 Å². The van der Waals surface area contributed by atoms with Gasteiger partial charge in [-0.25, -0.2) is 0 Å². The minimum absolute atomic E-state index is 0. The van der Waals surface area contributed by atoms with Crippen LogP contribution in [0.15, 0.2) is 36.5 Å². The lowest BCUT2D eigenvalue weighted by molar-refractivity contribution is 0.111. The fourth-order valence-electron chi connectivity index (χ4n) is 3.95. The Morgan fingerprint density at radius 1 is 1.07 bits per heavy atom. The molecule has 5 heteroatoms. The van der Waals surface area contributed by atoms with Gasteiger partial charge in [0.15, 0.2) is 0 Å². The first-order valence-electron chi connectivity index (χ1n) is 10.4. The van der Waals surface area contributed by atoms with Gasteiger partial charge in [0.25, 0.3) is 0 Å². The highest BCUT2D eigenvalue weighted by Crippen LogP contribution is 2.34. The van der Waals surface area contributed by atoms with Crippen molar-refractivity contribution in [1.29, 1.82) is 0 Å². The molecule has 0 saturated carbocycles. The van der Waals surface area contributed by atoms with Crippen LogP contribution in [0.1, 0.15) is 56.8 Å². The molecule has 0 spiro atoms. The molecule has 0 bridgehead atoms. The van der Waals surface area contributed by atoms with Gasteiger partial charge in [0.1, 0.15) is 0 Å². The van der Waals surface area contributed by atoms with E-state index in [1.807, 2.05) is 25.3 Å². The van der Waals surface area contributed by atoms with E-state index in [-0.39, 0.29) is 12.4 Å². The minimum atomic E-state index is -0.542. The summed E-state index contributed by atoms with van der Waals surface area (Å²) in [6.45, 7) is 9.17. The number of unbranched alkanes of at least 4 members (excludes halogenated alkanes) is 2. The van der Waals surface area contributed by atoms with Crippen molar-refractivity contribution in [2.45, 2.75) is 52.6 Å². The summed E-state index contributed by atoms with van der Waals surface area (Å²) in [5.74, 6) is 0. The highest BCUT2D eigenvalue weighted by atomic mass is 35.5. The van der Waals surface area contributed by atoms with Crippen LogP contribution >= 0.6 is 24.0 Å². The van der Waals surface area contributed by atoms with Crippen LogP contribution in [0.5, 0.6) is 0 Å². The van der Waals surface area contributed by atoms with Gasteiger partial charge in [-0.1, -0.05) is 62.6 Å². The van der Waals surface area contributed by atoms with E-state index in [0.29, 0.717) is 11.6 Å². The summed E-state index contributed by atoms with van der Waals surface area (Å²) >= 11 is 6.50. The summed E-state index contributed by atoms with van der Waals surface area (Å²) in [7, 11) is 0. The molecule has 3 nitrogen and oxygen atoms in total. The van der Waals surface area contributed by atoms with Crippen molar-refractivity contribution in [3.8, 4) is 0 Å². The summed E-state index contributed by atoms with van der Waals surface area (Å²) < 4.78 is 0. The van der Waals surface area contributed by atoms with Crippen molar-refractivity contribution in [3.63, 3.8) is 0 Å². The number of aromatic nitrogens is 1. The van der Waals surface area contributed by atoms with E-state index >= 15 is 0 Å². The molecule has 158 valence electrons. The smallest absolute Gasteiger partial charge is 0.0926 e. The molecule has 0 amide bonds. The molecular formula is C24H32Cl2N2O. The van der Waals surface area contributed by atoms with Gasteiger partial charge in [-0.3, -0.25) is 4.98 Å². The number of pyridine rings is 1. The third-order valence-electron chi connectivity index (χ3n) is 5.49. The van der Waals surface area contributed by atoms with E-state index in [4.69, 9.17) is 11.6 Å². The van der Waals surface area contributed by atoms with E-state index in [9.17, 15) is 5.11 Å². The first-order valence-corrected chi connectivity index (χ1v) is 10.8. The van der Waals surface area contributed by atoms with Crippen LogP contribution in [0.2, 0.25) is 5.02 Å². The van der Waals surface area contributed by atoms with Crippen molar-refractivity contribution in [1.82, 2.24) is 9.88 Å². The molecule has 1 heterocycles. The quantitative estimate of drug-likeness (QED) is 0.380. The van der Waals surface area contributed by atoms with Crippen LogP contribution in [0.25, 0.3) is 21.7 Å². The number of nitrogens with zero attached hydrogens (tertiary/aromatic N) is 2. The molecule has 0 radical (unpaired) electrons. The molecule has 29 heavy (non-hydrogen) atoms. The standard InChI is InChI=1S/C24H31ClN2O.ClH/c1-4-6-13-27(14-7-5-2)16-21(28)22-17(3)15-26-24-19(22)12-11-18-9-8-10-20(25)23(18)24;/h8-12,15,21,28H,4-7,13-14,16H2,1-3H3;1H. The summed E-state index contributed by atoms with van der Waals surface area (Å²) in [4.78, 5) is 7.08. The molecule has 2 aromatic carbocycles. The van der Waals surface area contributed by atoms with E-state index < -0.39 is 6.10 Å². The average Bonchev–Trinajstić information content (AvgIpc) is 2.69. The maximum atomic E-state index is 11.2. The monoisotopic (exact) mass is 434 g/mol. The van der Waals surface area contributed by atoms with Gasteiger partial charge in [0.05, 0.1) is 16.6 Å². The van der Waals surface area contributed by atoms with Crippen LogP contribution in [-0.4, -0.2) is 34.6 Å². The zero-order chi connectivity index (χ0) is 20.1. The molecule has 1 aromatic heterocycles. The molecular weight excluding hydrogens is 403 g/mol. The van der Waals surface area contributed by atoms with E-state index in [1.165, 1.54) is 12.8 Å². The van der Waals surface area contributed by atoms with Gasteiger partial charge < -0.3 is 10.0 Å². The third kappa shape index (κ3) is 5.40. The molecule has 0 aliphatic heterocycles. The molecule has 3 rings (SSSR count). The number of fused-ring (bicyclic) bond motifs is 3. The summed E-state index contributed by atoms with van der Waals surface area (Å²) in [5.41, 5.74) is 2.87. The van der Waals surface area contributed by atoms with Gasteiger partial charge in [-0.05, 0) is 55.4 Å². The fourth-order valence-corrected chi connectivity index (χ4v) is 4.22. The first kappa shape index (κ1) is 23.9. The second kappa shape index (κ2) is 11.1. The maximum Gasteiger partial charge on any atom is 0.0926 e. The Morgan fingerprint density at radius 2 is 1.76 bits per heavy atom. The van der Waals surface area contributed by atoms with Gasteiger partial charge in [-0.15, -0.1) is 12.4 Å². The van der Waals surface area contributed by atoms with Gasteiger partial charge >= 0.3 is 0 Å². The van der Waals surface area contributed by atoms with Gasteiger partial charge in [-0.2, -0.15) is 0 Å². The van der Waals surface area contributed by atoms with Crippen LogP contribution in [0.3, 0.4) is 0 Å². The lowest BCUT2D eigenvalue weighted by Gasteiger charge is -2.26. The summed E-state index contributed by atoms with van der Waals surface area (Å²) in [6.07, 6.45) is 5.98. The molecule has 1 N–H and O–H groups in total. The van der Waals surface area contributed by atoms with Crippen LogP contribution in [0.4, 0.5) is 0 Å². The third-order valence-corrected chi connectivity index (χ3v) is 5.80. The number of benzene rings is 2. The van der Waals surface area contributed by atoms with Crippen molar-refractivity contribution in [2.24, 2.45) is 0 Å². The SMILES string of the molecule is CCCCN(CCCC)CC(O)c1c(C)cnc2c1ccc1cccc(Cl)c12.Cl. The fraction of sp³-hybridized carbons (Fsp3) is 0.458. The van der Waals surface area contributed by atoms with Crippen molar-refractivity contribution >= 4 is 45.7 Å². The molecule has 1 unspecified atom stereocenters. The number of halogens is 2. The minimum Gasteiger partial charge on any atom is -0.387 e. The zero-order valence-corrected chi connectivity index (χ0v) is 19.2. The van der Waals surface area contributed by atoms with Crippen molar-refractivity contribution < 1.29 is 5.11 Å². The predicted octanol–water partition coefficient (Wildman–Crippen LogP) is 6.71. The molecule has 1 atom stereocenters. The predicted molar refractivity (Wildman–Crippen MR) is 127 cm³/mol. The highest BCUT2D eigenvalue weighted by Gasteiger charge is 2.19. The number of aliphatic hydroxyl groups excluding tert-OH is 1. The molecule has 0 fully saturated rings. The molecule has 0 aliphatic carbocycles. The lowest BCUT2D eigenvalue weighted by atomic mass is 9.96. The summed E-state index contributed by atoms with van der Waals surface area (Å²) in [5, 5.41) is 14.9. The normalized spacial score (nSPS) is 12.5. The largest absolute Gasteiger partial charge is 0.387 e. The highest BCUT2D eigenvalue weighted by molar-refractivity contribution is 6.37. The second-order valence-corrected chi connectivity index (χ2v) is 8.09. The Hall–Kier alpha value is -1.39. The van der Waals surface area contributed by atoms with Crippen molar-refractivity contribution in [3.05, 3.63) is 52.7 Å². The zero-order valence-electron chi connectivity index (χ0n) is 17.6. The number of aliphatic hydroxyl groups is 1. The number of aryl methyl sites for hydroxylation is 1. The van der Waals surface area contributed by atoms with Crippen molar-refractivity contribution in [2.75, 3.05) is 19.6 Å². The van der Waals surface area contributed by atoms with Crippen LogP contribution in [-0.2, 0) is 0 Å². The summed E-state index contributed by atoms with van der Waals surface area (Å²) in [6, 6.07) is 10.1. The van der Waals surface area contributed by atoms with Crippen LogP contribution in [0, 0.1) is 6.92 Å². The van der Waals surface area contributed by atoms with E-state index in [0.717, 1.165) is 58.7 Å². The Labute approximate surface area is 185 Å². The Kier molecular flexibility index (Phi) is 9.16. The topological polar surface area (TPSA) is 36.4 Å². The van der Waals surface area contributed by atoms with Crippen LogP contribution < -0.4 is 0 Å². The molecule has 0 aliphatic rings. The lowest BCUT2D eigenvalue weighted by Crippen LogP contribution is -2.31. The average molecular weight is 435 g/mol. The van der Waals surface area contributed by atoms with Gasteiger partial charge in [0, 0.05) is 23.5 Å². The second-order valence-electron chi connectivity index (χ2n) is 7.68. The molecule has 3 aromatic rings. The maximum absolute atomic E-state index is 11.2. The Balaban J connectivity index is 0.00000300. The molecule has 0 saturated heterocycles. The first-order chi connectivity index (χ1) is 13.6. The number of rotatable bonds is 9. The van der Waals surface area contributed by atoms with Gasteiger partial charge in [0.2, 0.25) is 0 Å². The number of hydrogen-bond donors (Lipinski definition) is 1. The van der Waals surface area contributed by atoms with E-state index in [1.54, 1.807) is 0 Å². The Morgan fingerprint density at radius 3 is 2.41 bits per heavy atom. The Bertz CT molecular complexity index is 937.